The maximum atomic E-state index is 6.12. The van der Waals surface area contributed by atoms with E-state index in [-0.39, 0.29) is 0 Å². The lowest BCUT2D eigenvalue weighted by atomic mass is 10.1. The number of aromatic nitrogens is 1. The number of hydrogen-bond donors (Lipinski definition) is 1. The van der Waals surface area contributed by atoms with Gasteiger partial charge in [0.15, 0.2) is 5.13 Å². The van der Waals surface area contributed by atoms with E-state index in [2.05, 4.69) is 14.8 Å². The molecule has 0 unspecified atom stereocenters. The van der Waals surface area contributed by atoms with Crippen LogP contribution < -0.4 is 15.5 Å². The van der Waals surface area contributed by atoms with Crippen molar-refractivity contribution in [2.45, 2.75) is 0 Å². The van der Waals surface area contributed by atoms with Crippen molar-refractivity contribution < 1.29 is 0 Å². The van der Waals surface area contributed by atoms with Gasteiger partial charge in [-0.3, -0.25) is 0 Å². The molecule has 2 heterocycles. The average molecular weight is 339 g/mol. The van der Waals surface area contributed by atoms with Crippen LogP contribution in [0.25, 0.3) is 0 Å². The van der Waals surface area contributed by atoms with E-state index in [0.717, 1.165) is 42.6 Å². The molecule has 1 aromatic heterocycles. The number of nitrogens with zero attached hydrogens (tertiary/aromatic N) is 3. The maximum absolute atomic E-state index is 6.12. The second-order valence-electron chi connectivity index (χ2n) is 4.81. The zero-order valence-electron chi connectivity index (χ0n) is 11.3. The Kier molecular flexibility index (Phi) is 4.28. The van der Waals surface area contributed by atoms with Gasteiger partial charge in [-0.05, 0) is 18.2 Å². The van der Waals surface area contributed by atoms with Crippen LogP contribution in [0.4, 0.5) is 10.8 Å². The summed E-state index contributed by atoms with van der Waals surface area (Å²) in [7, 11) is 0. The van der Waals surface area contributed by atoms with Crippen LogP contribution >= 0.6 is 35.2 Å². The lowest BCUT2D eigenvalue weighted by molar-refractivity contribution is 0.652. The third-order valence-corrected chi connectivity index (χ3v) is 4.82. The zero-order valence-corrected chi connectivity index (χ0v) is 13.7. The molecule has 2 aromatic rings. The minimum Gasteiger partial charge on any atom is -0.389 e. The van der Waals surface area contributed by atoms with Crippen molar-refractivity contribution in [3.63, 3.8) is 0 Å². The molecule has 1 aromatic carbocycles. The van der Waals surface area contributed by atoms with Gasteiger partial charge in [0.05, 0.1) is 0 Å². The fourth-order valence-electron chi connectivity index (χ4n) is 2.49. The van der Waals surface area contributed by atoms with Crippen LogP contribution in [-0.2, 0) is 0 Å². The summed E-state index contributed by atoms with van der Waals surface area (Å²) in [6.45, 7) is 3.65. The van der Waals surface area contributed by atoms with E-state index in [1.807, 2.05) is 29.8 Å². The summed E-state index contributed by atoms with van der Waals surface area (Å²) >= 11 is 12.9. The Bertz CT molecular complexity index is 636. The molecule has 0 amide bonds. The second-order valence-corrected chi connectivity index (χ2v) is 6.56. The third kappa shape index (κ3) is 3.12. The highest BCUT2D eigenvalue weighted by Gasteiger charge is 2.21. The van der Waals surface area contributed by atoms with Crippen molar-refractivity contribution >= 4 is 51.0 Å². The van der Waals surface area contributed by atoms with Crippen LogP contribution in [0.2, 0.25) is 5.02 Å². The van der Waals surface area contributed by atoms with Gasteiger partial charge in [0, 0.05) is 54.0 Å². The van der Waals surface area contributed by atoms with Crippen LogP contribution in [0.5, 0.6) is 0 Å². The SMILES string of the molecule is NC(=S)c1ccc(Cl)cc1N1CCN(c2nccs2)CC1. The number of nitrogens with two attached hydrogens (primary N) is 1. The largest absolute Gasteiger partial charge is 0.389 e. The molecule has 1 aliphatic rings. The lowest BCUT2D eigenvalue weighted by Crippen LogP contribution is -2.47. The average Bonchev–Trinajstić information content (AvgIpc) is 3.01. The predicted molar refractivity (Wildman–Crippen MR) is 93.9 cm³/mol. The summed E-state index contributed by atoms with van der Waals surface area (Å²) in [5.74, 6) is 0. The molecule has 3 rings (SSSR count). The molecule has 21 heavy (non-hydrogen) atoms. The molecule has 110 valence electrons. The van der Waals surface area contributed by atoms with Crippen molar-refractivity contribution in [1.29, 1.82) is 0 Å². The van der Waals surface area contributed by atoms with Crippen molar-refractivity contribution in [2.24, 2.45) is 5.73 Å². The van der Waals surface area contributed by atoms with E-state index in [0.29, 0.717) is 10.0 Å². The van der Waals surface area contributed by atoms with Crippen molar-refractivity contribution in [1.82, 2.24) is 4.98 Å². The van der Waals surface area contributed by atoms with Crippen LogP contribution in [-0.4, -0.2) is 36.2 Å². The maximum Gasteiger partial charge on any atom is 0.185 e. The standard InChI is InChI=1S/C14H15ClN4S2/c15-10-1-2-11(13(16)20)12(9-10)18-4-6-19(7-5-18)14-17-3-8-21-14/h1-3,8-9H,4-7H2,(H2,16,20). The first-order valence-corrected chi connectivity index (χ1v) is 8.30. The van der Waals surface area contributed by atoms with Crippen molar-refractivity contribution in [3.8, 4) is 0 Å². The van der Waals surface area contributed by atoms with Gasteiger partial charge in [-0.2, -0.15) is 0 Å². The lowest BCUT2D eigenvalue weighted by Gasteiger charge is -2.36. The summed E-state index contributed by atoms with van der Waals surface area (Å²) < 4.78 is 0. The van der Waals surface area contributed by atoms with Crippen LogP contribution in [0.1, 0.15) is 5.56 Å². The van der Waals surface area contributed by atoms with Gasteiger partial charge >= 0.3 is 0 Å². The molecule has 1 saturated heterocycles. The monoisotopic (exact) mass is 338 g/mol. The third-order valence-electron chi connectivity index (χ3n) is 3.54. The van der Waals surface area contributed by atoms with E-state index in [1.165, 1.54) is 0 Å². The minimum absolute atomic E-state index is 0.406. The number of thiocarbonyl (C=S) groups is 1. The fourth-order valence-corrected chi connectivity index (χ4v) is 3.52. The van der Waals surface area contributed by atoms with Gasteiger partial charge in [-0.15, -0.1) is 11.3 Å². The number of thiazole rings is 1. The van der Waals surface area contributed by atoms with Crippen LogP contribution in [0, 0.1) is 0 Å². The Morgan fingerprint density at radius 2 is 1.95 bits per heavy atom. The van der Waals surface area contributed by atoms with E-state index < -0.39 is 0 Å². The molecule has 1 aliphatic heterocycles. The summed E-state index contributed by atoms with van der Waals surface area (Å²) in [6, 6.07) is 5.66. The normalized spacial score (nSPS) is 15.3. The van der Waals surface area contributed by atoms with Crippen molar-refractivity contribution in [3.05, 3.63) is 40.4 Å². The number of anilines is 2. The number of rotatable bonds is 3. The molecule has 2 N–H and O–H groups in total. The molecule has 0 saturated carbocycles. The first-order valence-electron chi connectivity index (χ1n) is 6.64. The highest BCUT2D eigenvalue weighted by molar-refractivity contribution is 7.80. The van der Waals surface area contributed by atoms with Gasteiger partial charge < -0.3 is 15.5 Å². The Morgan fingerprint density at radius 3 is 2.57 bits per heavy atom. The quantitative estimate of drug-likeness (QED) is 0.872. The molecule has 0 spiro atoms. The number of halogens is 1. The molecule has 4 nitrogen and oxygen atoms in total. The molecular formula is C14H15ClN4S2. The van der Waals surface area contributed by atoms with Gasteiger partial charge in [0.25, 0.3) is 0 Å². The number of hydrogen-bond acceptors (Lipinski definition) is 5. The van der Waals surface area contributed by atoms with E-state index in [9.17, 15) is 0 Å². The summed E-state index contributed by atoms with van der Waals surface area (Å²) in [5.41, 5.74) is 7.73. The predicted octanol–water partition coefficient (Wildman–Crippen LogP) is 2.76. The van der Waals surface area contributed by atoms with E-state index in [4.69, 9.17) is 29.6 Å². The van der Waals surface area contributed by atoms with Crippen LogP contribution in [0.3, 0.4) is 0 Å². The summed E-state index contributed by atoms with van der Waals surface area (Å²) in [5, 5.41) is 3.78. The molecule has 0 radical (unpaired) electrons. The smallest absolute Gasteiger partial charge is 0.185 e. The van der Waals surface area contributed by atoms with Crippen LogP contribution in [0.15, 0.2) is 29.8 Å². The highest BCUT2D eigenvalue weighted by atomic mass is 35.5. The minimum atomic E-state index is 0.406. The zero-order chi connectivity index (χ0) is 14.8. The molecule has 1 fully saturated rings. The number of benzene rings is 1. The van der Waals surface area contributed by atoms with Gasteiger partial charge in [-0.1, -0.05) is 23.8 Å². The molecular weight excluding hydrogens is 324 g/mol. The fraction of sp³-hybridized carbons (Fsp3) is 0.286. The first kappa shape index (κ1) is 14.6. The van der Waals surface area contributed by atoms with E-state index in [1.54, 1.807) is 11.3 Å². The Morgan fingerprint density at radius 1 is 1.24 bits per heavy atom. The van der Waals surface area contributed by atoms with Crippen molar-refractivity contribution in [2.75, 3.05) is 36.0 Å². The van der Waals surface area contributed by atoms with E-state index >= 15 is 0 Å². The number of piperazine rings is 1. The molecule has 0 atom stereocenters. The Labute approximate surface area is 138 Å². The molecule has 7 heteroatoms. The molecule has 0 bridgehead atoms. The van der Waals surface area contributed by atoms with Gasteiger partial charge in [0.2, 0.25) is 0 Å². The second kappa shape index (κ2) is 6.17. The summed E-state index contributed by atoms with van der Waals surface area (Å²) in [4.78, 5) is 9.35. The Hall–Kier alpha value is -1.37. The molecule has 0 aliphatic carbocycles. The van der Waals surface area contributed by atoms with Gasteiger partial charge in [-0.25, -0.2) is 4.98 Å². The topological polar surface area (TPSA) is 45.4 Å². The highest BCUT2D eigenvalue weighted by Crippen LogP contribution is 2.27. The first-order chi connectivity index (χ1) is 10.1. The summed E-state index contributed by atoms with van der Waals surface area (Å²) in [6.07, 6.45) is 1.84. The van der Waals surface area contributed by atoms with Gasteiger partial charge in [0.1, 0.15) is 4.99 Å². The Balaban J connectivity index is 1.78.